The van der Waals surface area contributed by atoms with Crippen molar-refractivity contribution in [1.82, 2.24) is 0 Å². The first-order valence-corrected chi connectivity index (χ1v) is 18.8. The van der Waals surface area contributed by atoms with Crippen LogP contribution in [0.1, 0.15) is 22.3 Å². The van der Waals surface area contributed by atoms with Crippen LogP contribution in [0, 0.1) is 5.82 Å². The van der Waals surface area contributed by atoms with Gasteiger partial charge in [-0.3, -0.25) is 0 Å². The number of nitrogens with zero attached hydrogens (tertiary/aromatic N) is 1. The van der Waals surface area contributed by atoms with E-state index in [1.54, 1.807) is 12.1 Å². The molecule has 0 aliphatic heterocycles. The first-order chi connectivity index (χ1) is 27.2. The van der Waals surface area contributed by atoms with Crippen LogP contribution in [0.5, 0.6) is 0 Å². The molecule has 0 heterocycles. The average molecular weight is 706 g/mol. The molecule has 1 nitrogen and oxygen atoms in total. The normalized spacial score (nSPS) is 12.6. The minimum absolute atomic E-state index is 0.263. The van der Waals surface area contributed by atoms with Crippen LogP contribution in [-0.4, -0.2) is 0 Å². The second-order valence-electron chi connectivity index (χ2n) is 14.2. The summed E-state index contributed by atoms with van der Waals surface area (Å²) in [6.07, 6.45) is 0. The molecular formula is C53H36FN. The Labute approximate surface area is 321 Å². The highest BCUT2D eigenvalue weighted by atomic mass is 19.1. The molecule has 0 radical (unpaired) electrons. The van der Waals surface area contributed by atoms with E-state index in [1.807, 2.05) is 12.1 Å². The van der Waals surface area contributed by atoms with Crippen molar-refractivity contribution in [2.45, 2.75) is 5.41 Å². The number of halogens is 1. The van der Waals surface area contributed by atoms with Gasteiger partial charge in [-0.1, -0.05) is 170 Å². The summed E-state index contributed by atoms with van der Waals surface area (Å²) in [4.78, 5) is 2.24. The summed E-state index contributed by atoms with van der Waals surface area (Å²) in [5, 5.41) is 2.44. The Morgan fingerprint density at radius 1 is 0.345 bits per heavy atom. The predicted molar refractivity (Wildman–Crippen MR) is 227 cm³/mol. The fourth-order valence-corrected chi connectivity index (χ4v) is 8.84. The van der Waals surface area contributed by atoms with Crippen molar-refractivity contribution in [3.8, 4) is 33.4 Å². The van der Waals surface area contributed by atoms with E-state index in [0.29, 0.717) is 0 Å². The highest BCUT2D eigenvalue weighted by Crippen LogP contribution is 2.57. The van der Waals surface area contributed by atoms with E-state index in [1.165, 1.54) is 60.8 Å². The number of rotatable bonds is 7. The van der Waals surface area contributed by atoms with Gasteiger partial charge in [-0.15, -0.1) is 0 Å². The van der Waals surface area contributed by atoms with E-state index in [9.17, 15) is 4.39 Å². The molecule has 0 unspecified atom stereocenters. The Kier molecular flexibility index (Phi) is 7.96. The molecule has 9 aromatic rings. The van der Waals surface area contributed by atoms with Crippen molar-refractivity contribution in [3.63, 3.8) is 0 Å². The molecule has 0 bridgehead atoms. The van der Waals surface area contributed by atoms with Gasteiger partial charge < -0.3 is 4.90 Å². The van der Waals surface area contributed by atoms with Gasteiger partial charge in [-0.2, -0.15) is 0 Å². The van der Waals surface area contributed by atoms with E-state index in [4.69, 9.17) is 0 Å². The Balaban J connectivity index is 1.16. The molecule has 2 heteroatoms. The second kappa shape index (κ2) is 13.4. The van der Waals surface area contributed by atoms with Gasteiger partial charge in [-0.25, -0.2) is 4.39 Å². The van der Waals surface area contributed by atoms with Gasteiger partial charge >= 0.3 is 0 Å². The van der Waals surface area contributed by atoms with Crippen molar-refractivity contribution < 1.29 is 4.39 Å². The van der Waals surface area contributed by atoms with Crippen LogP contribution in [0.4, 0.5) is 21.5 Å². The summed E-state index contributed by atoms with van der Waals surface area (Å²) in [6.45, 7) is 0. The molecule has 55 heavy (non-hydrogen) atoms. The summed E-state index contributed by atoms with van der Waals surface area (Å²) >= 11 is 0. The molecule has 0 spiro atoms. The maximum Gasteiger partial charge on any atom is 0.123 e. The SMILES string of the molecule is Fc1ccc(N(c2ccc(-c3cccc4cccc(-c5ccccc5)c34)cc2)c2ccc3c(c2)C(c2ccccc2)(c2ccccc2)c2ccccc2-3)cc1. The van der Waals surface area contributed by atoms with Gasteiger partial charge in [0.25, 0.3) is 0 Å². The lowest BCUT2D eigenvalue weighted by Crippen LogP contribution is -2.28. The zero-order valence-electron chi connectivity index (χ0n) is 30.1. The van der Waals surface area contributed by atoms with Crippen molar-refractivity contribution in [1.29, 1.82) is 0 Å². The lowest BCUT2D eigenvalue weighted by atomic mass is 9.67. The fraction of sp³-hybridized carbons (Fsp3) is 0.0189. The van der Waals surface area contributed by atoms with Crippen molar-refractivity contribution >= 4 is 27.8 Å². The largest absolute Gasteiger partial charge is 0.310 e. The van der Waals surface area contributed by atoms with Gasteiger partial charge in [0.05, 0.1) is 5.41 Å². The van der Waals surface area contributed by atoms with Gasteiger partial charge in [0.1, 0.15) is 5.82 Å². The molecule has 0 saturated heterocycles. The van der Waals surface area contributed by atoms with E-state index in [2.05, 4.69) is 199 Å². The van der Waals surface area contributed by atoms with Crippen LogP contribution in [0.3, 0.4) is 0 Å². The zero-order chi connectivity index (χ0) is 36.8. The van der Waals surface area contributed by atoms with Crippen LogP contribution >= 0.6 is 0 Å². The number of fused-ring (bicyclic) bond motifs is 4. The summed E-state index contributed by atoms with van der Waals surface area (Å²) < 4.78 is 14.5. The molecule has 1 aliphatic rings. The van der Waals surface area contributed by atoms with Crippen LogP contribution in [0.25, 0.3) is 44.2 Å². The monoisotopic (exact) mass is 705 g/mol. The van der Waals surface area contributed by atoms with Gasteiger partial charge in [0.2, 0.25) is 0 Å². The van der Waals surface area contributed by atoms with Crippen LogP contribution in [0.15, 0.2) is 218 Å². The molecule has 0 fully saturated rings. The molecule has 260 valence electrons. The van der Waals surface area contributed by atoms with Crippen molar-refractivity contribution in [2.75, 3.05) is 4.90 Å². The van der Waals surface area contributed by atoms with E-state index in [-0.39, 0.29) is 5.82 Å². The lowest BCUT2D eigenvalue weighted by Gasteiger charge is -2.35. The van der Waals surface area contributed by atoms with Crippen LogP contribution in [-0.2, 0) is 5.41 Å². The topological polar surface area (TPSA) is 3.24 Å². The molecule has 0 amide bonds. The predicted octanol–water partition coefficient (Wildman–Crippen LogP) is 14.1. The highest BCUT2D eigenvalue weighted by molar-refractivity contribution is 6.06. The maximum absolute atomic E-state index is 14.5. The lowest BCUT2D eigenvalue weighted by molar-refractivity contribution is 0.628. The Bertz CT molecular complexity index is 2750. The number of hydrogen-bond acceptors (Lipinski definition) is 1. The molecule has 1 aliphatic carbocycles. The Morgan fingerprint density at radius 2 is 0.818 bits per heavy atom. The summed E-state index contributed by atoms with van der Waals surface area (Å²) in [5.41, 5.74) is 14.4. The molecular weight excluding hydrogens is 670 g/mol. The average Bonchev–Trinajstić information content (AvgIpc) is 3.55. The number of hydrogen-bond donors (Lipinski definition) is 0. The Hall–Kier alpha value is -7.03. The summed E-state index contributed by atoms with van der Waals surface area (Å²) in [5.74, 6) is -0.263. The van der Waals surface area contributed by atoms with Crippen LogP contribution < -0.4 is 4.90 Å². The number of benzene rings is 9. The zero-order valence-corrected chi connectivity index (χ0v) is 30.1. The minimum Gasteiger partial charge on any atom is -0.310 e. The second-order valence-corrected chi connectivity index (χ2v) is 14.2. The summed E-state index contributed by atoms with van der Waals surface area (Å²) in [6, 6.07) is 76.6. The van der Waals surface area contributed by atoms with E-state index < -0.39 is 5.41 Å². The molecule has 0 saturated carbocycles. The molecule has 0 aromatic heterocycles. The third kappa shape index (κ3) is 5.37. The standard InChI is InChI=1S/C53H36FN/c54-42-28-32-44(33-29-42)55(43-30-26-38(27-31-43)47-24-13-17-39-16-12-23-46(52(39)47)37-14-4-1-5-15-37)45-34-35-49-48-22-10-11-25-50(48)53(51(49)36-45,40-18-6-2-7-19-40)41-20-8-3-9-21-41/h1-36H. The first-order valence-electron chi connectivity index (χ1n) is 18.8. The summed E-state index contributed by atoms with van der Waals surface area (Å²) in [7, 11) is 0. The maximum atomic E-state index is 14.5. The van der Waals surface area contributed by atoms with Gasteiger partial charge in [-0.05, 0) is 115 Å². The van der Waals surface area contributed by atoms with Crippen molar-refractivity contribution in [2.24, 2.45) is 0 Å². The molecule has 0 N–H and O–H groups in total. The molecule has 9 aromatic carbocycles. The van der Waals surface area contributed by atoms with E-state index in [0.717, 1.165) is 22.6 Å². The quantitative estimate of drug-likeness (QED) is 0.160. The fourth-order valence-electron chi connectivity index (χ4n) is 8.84. The number of anilines is 3. The van der Waals surface area contributed by atoms with E-state index >= 15 is 0 Å². The highest BCUT2D eigenvalue weighted by Gasteiger charge is 2.46. The van der Waals surface area contributed by atoms with Gasteiger partial charge in [0, 0.05) is 17.1 Å². The molecule has 10 rings (SSSR count). The smallest absolute Gasteiger partial charge is 0.123 e. The molecule has 0 atom stereocenters. The first kappa shape index (κ1) is 32.6. The third-order valence-electron chi connectivity index (χ3n) is 11.2. The third-order valence-corrected chi connectivity index (χ3v) is 11.2. The van der Waals surface area contributed by atoms with Crippen LogP contribution in [0.2, 0.25) is 0 Å². The van der Waals surface area contributed by atoms with Crippen molar-refractivity contribution in [3.05, 3.63) is 246 Å². The van der Waals surface area contributed by atoms with Gasteiger partial charge in [0.15, 0.2) is 0 Å². The minimum atomic E-state index is -0.534. The Morgan fingerprint density at radius 3 is 1.44 bits per heavy atom.